The zero-order valence-corrected chi connectivity index (χ0v) is 10.6. The van der Waals surface area contributed by atoms with Gasteiger partial charge in [-0.25, -0.2) is 4.98 Å². The van der Waals surface area contributed by atoms with Crippen molar-refractivity contribution >= 4 is 11.3 Å². The maximum Gasteiger partial charge on any atom is 0.107 e. The summed E-state index contributed by atoms with van der Waals surface area (Å²) in [5.41, 5.74) is 2.33. The molecule has 0 saturated heterocycles. The smallest absolute Gasteiger partial charge is 0.107 e. The van der Waals surface area contributed by atoms with Crippen LogP contribution in [0, 0.1) is 13.8 Å². The molecular weight excluding hydrogens is 220 g/mol. The summed E-state index contributed by atoms with van der Waals surface area (Å²) in [6.45, 7) is 5.81. The maximum atomic E-state index is 4.49. The second kappa shape index (κ2) is 4.76. The van der Waals surface area contributed by atoms with Crippen molar-refractivity contribution in [1.82, 2.24) is 20.1 Å². The predicted octanol–water partition coefficient (Wildman–Crippen LogP) is 1.78. The van der Waals surface area contributed by atoms with Gasteiger partial charge in [0.1, 0.15) is 5.01 Å². The van der Waals surface area contributed by atoms with Crippen molar-refractivity contribution in [2.24, 2.45) is 7.05 Å². The minimum Gasteiger partial charge on any atom is -0.305 e. The third kappa shape index (κ3) is 2.48. The van der Waals surface area contributed by atoms with Gasteiger partial charge >= 0.3 is 0 Å². The lowest BCUT2D eigenvalue weighted by Gasteiger charge is -2.02. The van der Waals surface area contributed by atoms with Gasteiger partial charge in [0.15, 0.2) is 0 Å². The Morgan fingerprint density at radius 3 is 2.75 bits per heavy atom. The lowest BCUT2D eigenvalue weighted by molar-refractivity contribution is 0.624. The van der Waals surface area contributed by atoms with Gasteiger partial charge in [-0.2, -0.15) is 5.10 Å². The van der Waals surface area contributed by atoms with Gasteiger partial charge in [-0.1, -0.05) is 0 Å². The van der Waals surface area contributed by atoms with E-state index >= 15 is 0 Å². The molecule has 2 aromatic rings. The molecule has 0 radical (unpaired) electrons. The van der Waals surface area contributed by atoms with Gasteiger partial charge < -0.3 is 5.32 Å². The van der Waals surface area contributed by atoms with Crippen LogP contribution in [0.5, 0.6) is 0 Å². The fourth-order valence-electron chi connectivity index (χ4n) is 1.49. The van der Waals surface area contributed by atoms with Crippen LogP contribution in [0.2, 0.25) is 0 Å². The normalized spacial score (nSPS) is 10.9. The Morgan fingerprint density at radius 1 is 1.38 bits per heavy atom. The van der Waals surface area contributed by atoms with Crippen LogP contribution in [-0.2, 0) is 20.1 Å². The maximum absolute atomic E-state index is 4.49. The number of hydrogen-bond acceptors (Lipinski definition) is 4. The third-order valence-corrected chi connectivity index (χ3v) is 3.65. The Hall–Kier alpha value is -1.20. The molecule has 0 amide bonds. The van der Waals surface area contributed by atoms with Crippen LogP contribution in [0.15, 0.2) is 12.3 Å². The van der Waals surface area contributed by atoms with E-state index in [0.717, 1.165) is 23.8 Å². The summed E-state index contributed by atoms with van der Waals surface area (Å²) >= 11 is 1.76. The number of rotatable bonds is 4. The highest BCUT2D eigenvalue weighted by Gasteiger charge is 2.03. The van der Waals surface area contributed by atoms with Crippen LogP contribution in [0.3, 0.4) is 0 Å². The molecule has 86 valence electrons. The van der Waals surface area contributed by atoms with Crippen molar-refractivity contribution in [1.29, 1.82) is 0 Å². The number of aromatic nitrogens is 3. The first kappa shape index (κ1) is 11.3. The summed E-state index contributed by atoms with van der Waals surface area (Å²) in [5, 5.41) is 8.65. The quantitative estimate of drug-likeness (QED) is 0.880. The lowest BCUT2D eigenvalue weighted by atomic mass is 10.4. The highest BCUT2D eigenvalue weighted by Crippen LogP contribution is 2.15. The number of hydrogen-bond donors (Lipinski definition) is 1. The largest absolute Gasteiger partial charge is 0.305 e. The van der Waals surface area contributed by atoms with Gasteiger partial charge in [0.05, 0.1) is 11.4 Å². The molecule has 0 aliphatic carbocycles. The van der Waals surface area contributed by atoms with E-state index in [9.17, 15) is 0 Å². The van der Waals surface area contributed by atoms with Crippen LogP contribution < -0.4 is 5.32 Å². The average molecular weight is 236 g/mol. The topological polar surface area (TPSA) is 42.7 Å². The van der Waals surface area contributed by atoms with E-state index in [0.29, 0.717) is 0 Å². The molecule has 5 heteroatoms. The molecule has 2 rings (SSSR count). The van der Waals surface area contributed by atoms with E-state index < -0.39 is 0 Å². The van der Waals surface area contributed by atoms with Gasteiger partial charge in [0, 0.05) is 31.2 Å². The van der Waals surface area contributed by atoms with Gasteiger partial charge in [0.2, 0.25) is 0 Å². The summed E-state index contributed by atoms with van der Waals surface area (Å²) in [6, 6.07) is 2.02. The van der Waals surface area contributed by atoms with Crippen molar-refractivity contribution in [3.63, 3.8) is 0 Å². The highest BCUT2D eigenvalue weighted by molar-refractivity contribution is 7.11. The van der Waals surface area contributed by atoms with Crippen molar-refractivity contribution in [2.75, 3.05) is 0 Å². The Bertz CT molecular complexity index is 453. The summed E-state index contributed by atoms with van der Waals surface area (Å²) in [6.07, 6.45) is 1.81. The second-order valence-electron chi connectivity index (χ2n) is 3.80. The van der Waals surface area contributed by atoms with Crippen molar-refractivity contribution < 1.29 is 0 Å². The van der Waals surface area contributed by atoms with Gasteiger partial charge in [-0.3, -0.25) is 4.68 Å². The first-order valence-electron chi connectivity index (χ1n) is 5.27. The predicted molar refractivity (Wildman–Crippen MR) is 65.3 cm³/mol. The molecule has 0 atom stereocenters. The Balaban J connectivity index is 1.87. The van der Waals surface area contributed by atoms with Crippen LogP contribution in [0.25, 0.3) is 0 Å². The molecule has 0 saturated carbocycles. The molecule has 2 aromatic heterocycles. The lowest BCUT2D eigenvalue weighted by Crippen LogP contribution is -2.15. The van der Waals surface area contributed by atoms with Crippen LogP contribution in [0.1, 0.15) is 21.3 Å². The standard InChI is InChI=1S/C11H16N4S/c1-8-9(2)16-11(14-8)7-12-6-10-4-5-13-15(10)3/h4-5,12H,6-7H2,1-3H3. The molecule has 1 N–H and O–H groups in total. The molecule has 0 aromatic carbocycles. The Morgan fingerprint density at radius 2 is 2.19 bits per heavy atom. The first-order chi connectivity index (χ1) is 7.66. The van der Waals surface area contributed by atoms with Gasteiger partial charge in [-0.05, 0) is 19.9 Å². The van der Waals surface area contributed by atoms with E-state index in [-0.39, 0.29) is 0 Å². The summed E-state index contributed by atoms with van der Waals surface area (Å²) in [5.74, 6) is 0. The fraction of sp³-hybridized carbons (Fsp3) is 0.455. The molecule has 0 aliphatic heterocycles. The monoisotopic (exact) mass is 236 g/mol. The minimum atomic E-state index is 0.824. The van der Waals surface area contributed by atoms with Crippen LogP contribution >= 0.6 is 11.3 Å². The SMILES string of the molecule is Cc1nc(CNCc2ccnn2C)sc1C. The second-order valence-corrected chi connectivity index (χ2v) is 5.09. The van der Waals surface area contributed by atoms with Gasteiger partial charge in [0.25, 0.3) is 0 Å². The summed E-state index contributed by atoms with van der Waals surface area (Å²) in [4.78, 5) is 5.79. The molecule has 2 heterocycles. The zero-order valence-electron chi connectivity index (χ0n) is 9.82. The van der Waals surface area contributed by atoms with Crippen LogP contribution in [0.4, 0.5) is 0 Å². The highest BCUT2D eigenvalue weighted by atomic mass is 32.1. The van der Waals surface area contributed by atoms with Crippen molar-refractivity contribution in [3.05, 3.63) is 33.5 Å². The van der Waals surface area contributed by atoms with E-state index in [1.807, 2.05) is 24.0 Å². The Kier molecular flexibility index (Phi) is 3.36. The van der Waals surface area contributed by atoms with Gasteiger partial charge in [-0.15, -0.1) is 11.3 Å². The molecule has 16 heavy (non-hydrogen) atoms. The Labute approximate surface area is 99.3 Å². The number of nitrogens with one attached hydrogen (secondary N) is 1. The summed E-state index contributed by atoms with van der Waals surface area (Å²) < 4.78 is 1.88. The van der Waals surface area contributed by atoms with Crippen molar-refractivity contribution in [3.8, 4) is 0 Å². The van der Waals surface area contributed by atoms with Crippen LogP contribution in [-0.4, -0.2) is 14.8 Å². The fourth-order valence-corrected chi connectivity index (χ4v) is 2.39. The van der Waals surface area contributed by atoms with E-state index in [2.05, 4.69) is 29.2 Å². The first-order valence-corrected chi connectivity index (χ1v) is 6.09. The van der Waals surface area contributed by atoms with E-state index in [4.69, 9.17) is 0 Å². The molecule has 0 fully saturated rings. The molecule has 0 aliphatic rings. The molecule has 0 spiro atoms. The van der Waals surface area contributed by atoms with E-state index in [1.54, 1.807) is 11.3 Å². The molecule has 4 nitrogen and oxygen atoms in total. The zero-order chi connectivity index (χ0) is 11.5. The number of thiazole rings is 1. The van der Waals surface area contributed by atoms with Crippen molar-refractivity contribution in [2.45, 2.75) is 26.9 Å². The molecule has 0 unspecified atom stereocenters. The molecular formula is C11H16N4S. The number of nitrogens with zero attached hydrogens (tertiary/aromatic N) is 3. The number of aryl methyl sites for hydroxylation is 3. The average Bonchev–Trinajstić information content (AvgIpc) is 2.76. The molecule has 0 bridgehead atoms. The minimum absolute atomic E-state index is 0.824. The summed E-state index contributed by atoms with van der Waals surface area (Å²) in [7, 11) is 1.95. The third-order valence-electron chi connectivity index (χ3n) is 2.58. The van der Waals surface area contributed by atoms with E-state index in [1.165, 1.54) is 10.6 Å².